The maximum atomic E-state index is 12.3. The Kier molecular flexibility index (Phi) is 25.3. The topological polar surface area (TPSA) is 115 Å². The summed E-state index contributed by atoms with van der Waals surface area (Å²) in [6.07, 6.45) is 19.7. The van der Waals surface area contributed by atoms with Crippen LogP contribution in [-0.2, 0) is 28.6 Å². The minimum Gasteiger partial charge on any atom is -0.379 e. The van der Waals surface area contributed by atoms with E-state index in [0.717, 1.165) is 45.1 Å². The number of ether oxygens (including phenoxy) is 3. The van der Waals surface area contributed by atoms with E-state index in [2.05, 4.69) is 71.4 Å². The SMILES string of the molecule is CCCCCCCCCCCCCCCC(=O)NC(C=O)CCC(=O)NCCCOCCOCCOCCCNCC1c2ccccc2-c2ccccc21. The van der Waals surface area contributed by atoms with Crippen LogP contribution in [-0.4, -0.2) is 83.4 Å². The molecule has 54 heavy (non-hydrogen) atoms. The van der Waals surface area contributed by atoms with Gasteiger partial charge in [0, 0.05) is 45.1 Å². The Bertz CT molecular complexity index is 1240. The van der Waals surface area contributed by atoms with Crippen LogP contribution in [0.5, 0.6) is 0 Å². The van der Waals surface area contributed by atoms with Crippen LogP contribution in [0.4, 0.5) is 0 Å². The van der Waals surface area contributed by atoms with Gasteiger partial charge in [-0.3, -0.25) is 9.59 Å². The molecule has 2 aromatic carbocycles. The monoisotopic (exact) mass is 750 g/mol. The summed E-state index contributed by atoms with van der Waals surface area (Å²) in [5.41, 5.74) is 5.52. The van der Waals surface area contributed by atoms with Gasteiger partial charge in [0.15, 0.2) is 0 Å². The van der Waals surface area contributed by atoms with Crippen molar-refractivity contribution in [1.82, 2.24) is 16.0 Å². The van der Waals surface area contributed by atoms with Gasteiger partial charge in [-0.25, -0.2) is 0 Å². The predicted octanol–water partition coefficient (Wildman–Crippen LogP) is 8.28. The summed E-state index contributed by atoms with van der Waals surface area (Å²) in [5.74, 6) is 0.156. The van der Waals surface area contributed by atoms with Gasteiger partial charge in [0.05, 0.1) is 32.5 Å². The molecular weight excluding hydrogens is 679 g/mol. The van der Waals surface area contributed by atoms with Crippen LogP contribution in [0.1, 0.15) is 140 Å². The number of rotatable bonds is 35. The number of carbonyl (C=O) groups excluding carboxylic acids is 3. The number of hydrogen-bond acceptors (Lipinski definition) is 7. The molecule has 1 unspecified atom stereocenters. The van der Waals surface area contributed by atoms with Crippen molar-refractivity contribution >= 4 is 18.1 Å². The quantitative estimate of drug-likeness (QED) is 0.0480. The minimum absolute atomic E-state index is 0.110. The highest BCUT2D eigenvalue weighted by molar-refractivity contribution is 5.81. The predicted molar refractivity (Wildman–Crippen MR) is 219 cm³/mol. The van der Waals surface area contributed by atoms with Gasteiger partial charge in [-0.15, -0.1) is 0 Å². The molecule has 9 nitrogen and oxygen atoms in total. The molecule has 0 aromatic heterocycles. The molecule has 0 saturated heterocycles. The standard InChI is InChI=1S/C45H71N3O6/c1-2-3-4-5-6-7-8-9-10-11-12-13-14-25-45(51)48-38(37-49)26-27-44(50)47-29-20-31-53-33-35-54-34-32-52-30-19-28-46-36-43-41-23-17-15-21-39(41)40-22-16-18-24-42(40)43/h15-18,21-24,37-38,43,46H,2-14,19-20,25-36H2,1H3,(H,47,50)(H,48,51). The average molecular weight is 750 g/mol. The zero-order chi connectivity index (χ0) is 38.3. The van der Waals surface area contributed by atoms with Crippen LogP contribution in [0.3, 0.4) is 0 Å². The molecule has 9 heteroatoms. The number of benzene rings is 2. The fraction of sp³-hybridized carbons (Fsp3) is 0.667. The smallest absolute Gasteiger partial charge is 0.220 e. The van der Waals surface area contributed by atoms with E-state index < -0.39 is 6.04 Å². The molecule has 0 heterocycles. The molecule has 302 valence electrons. The van der Waals surface area contributed by atoms with Crippen LogP contribution in [0.15, 0.2) is 48.5 Å². The zero-order valence-electron chi connectivity index (χ0n) is 33.4. The highest BCUT2D eigenvalue weighted by Gasteiger charge is 2.27. The molecular formula is C45H71N3O6. The van der Waals surface area contributed by atoms with Crippen molar-refractivity contribution < 1.29 is 28.6 Å². The van der Waals surface area contributed by atoms with Gasteiger partial charge in [-0.05, 0) is 54.5 Å². The lowest BCUT2D eigenvalue weighted by molar-refractivity contribution is -0.125. The molecule has 0 fully saturated rings. The molecule has 0 spiro atoms. The molecule has 2 amide bonds. The molecule has 1 aliphatic carbocycles. The summed E-state index contributed by atoms with van der Waals surface area (Å²) in [7, 11) is 0. The van der Waals surface area contributed by atoms with Crippen LogP contribution in [0.2, 0.25) is 0 Å². The molecule has 1 aliphatic rings. The zero-order valence-corrected chi connectivity index (χ0v) is 33.4. The van der Waals surface area contributed by atoms with E-state index in [9.17, 15) is 14.4 Å². The van der Waals surface area contributed by atoms with Gasteiger partial charge in [0.2, 0.25) is 11.8 Å². The van der Waals surface area contributed by atoms with Crippen molar-refractivity contribution in [1.29, 1.82) is 0 Å². The lowest BCUT2D eigenvalue weighted by atomic mass is 9.97. The van der Waals surface area contributed by atoms with E-state index in [1.54, 1.807) is 0 Å². The van der Waals surface area contributed by atoms with Gasteiger partial charge in [-0.2, -0.15) is 0 Å². The Morgan fingerprint density at radius 3 is 1.67 bits per heavy atom. The molecule has 3 N–H and O–H groups in total. The summed E-state index contributed by atoms with van der Waals surface area (Å²) >= 11 is 0. The van der Waals surface area contributed by atoms with Gasteiger partial charge in [0.1, 0.15) is 6.29 Å². The van der Waals surface area contributed by atoms with Crippen LogP contribution >= 0.6 is 0 Å². The first kappa shape index (κ1) is 45.3. The lowest BCUT2D eigenvalue weighted by Gasteiger charge is -2.15. The maximum Gasteiger partial charge on any atom is 0.220 e. The number of unbranched alkanes of at least 4 members (excludes halogenated alkanes) is 12. The van der Waals surface area contributed by atoms with Gasteiger partial charge >= 0.3 is 0 Å². The lowest BCUT2D eigenvalue weighted by Crippen LogP contribution is -2.37. The first-order chi connectivity index (χ1) is 26.6. The minimum atomic E-state index is -0.624. The van der Waals surface area contributed by atoms with E-state index in [4.69, 9.17) is 14.2 Å². The van der Waals surface area contributed by atoms with Gasteiger partial charge in [-0.1, -0.05) is 133 Å². The second-order valence-electron chi connectivity index (χ2n) is 14.7. The summed E-state index contributed by atoms with van der Waals surface area (Å²) in [4.78, 5) is 35.9. The highest BCUT2D eigenvalue weighted by Crippen LogP contribution is 2.44. The number of hydrogen-bond donors (Lipinski definition) is 3. The Morgan fingerprint density at radius 1 is 0.611 bits per heavy atom. The summed E-state index contributed by atoms with van der Waals surface area (Å²) in [5, 5.41) is 9.25. The second-order valence-corrected chi connectivity index (χ2v) is 14.7. The summed E-state index contributed by atoms with van der Waals surface area (Å²) in [6.45, 7) is 7.89. The van der Waals surface area contributed by atoms with Crippen molar-refractivity contribution in [2.75, 3.05) is 59.3 Å². The van der Waals surface area contributed by atoms with Crippen molar-refractivity contribution in [3.8, 4) is 11.1 Å². The average Bonchev–Trinajstić information content (AvgIpc) is 3.51. The largest absolute Gasteiger partial charge is 0.379 e. The van der Waals surface area contributed by atoms with Crippen molar-refractivity contribution in [2.45, 2.75) is 134 Å². The van der Waals surface area contributed by atoms with Crippen LogP contribution in [0, 0.1) is 0 Å². The maximum absolute atomic E-state index is 12.3. The Labute approximate surface area is 326 Å². The Morgan fingerprint density at radius 2 is 1.11 bits per heavy atom. The van der Waals surface area contributed by atoms with Crippen molar-refractivity contribution in [3.63, 3.8) is 0 Å². The summed E-state index contributed by atoms with van der Waals surface area (Å²) < 4.78 is 16.9. The first-order valence-corrected chi connectivity index (χ1v) is 21.3. The third-order valence-electron chi connectivity index (χ3n) is 10.2. The van der Waals surface area contributed by atoms with E-state index >= 15 is 0 Å². The Hall–Kier alpha value is -3.11. The number of fused-ring (bicyclic) bond motifs is 3. The van der Waals surface area contributed by atoms with Crippen LogP contribution < -0.4 is 16.0 Å². The first-order valence-electron chi connectivity index (χ1n) is 21.3. The van der Waals surface area contributed by atoms with Crippen molar-refractivity contribution in [3.05, 3.63) is 59.7 Å². The van der Waals surface area contributed by atoms with Gasteiger partial charge < -0.3 is 35.0 Å². The second kappa shape index (κ2) is 30.2. The van der Waals surface area contributed by atoms with E-state index in [-0.39, 0.29) is 18.2 Å². The normalized spacial score (nSPS) is 12.7. The van der Waals surface area contributed by atoms with E-state index in [1.807, 2.05) is 0 Å². The number of carbonyl (C=O) groups is 3. The number of amides is 2. The number of nitrogens with one attached hydrogen (secondary N) is 3. The molecule has 2 aromatic rings. The van der Waals surface area contributed by atoms with Crippen molar-refractivity contribution in [2.24, 2.45) is 0 Å². The fourth-order valence-electron chi connectivity index (χ4n) is 7.10. The molecule has 0 saturated carbocycles. The Balaban J connectivity index is 1.03. The molecule has 0 radical (unpaired) electrons. The fourth-order valence-corrected chi connectivity index (χ4v) is 7.10. The molecule has 0 bridgehead atoms. The van der Waals surface area contributed by atoms with E-state index in [1.165, 1.54) is 86.5 Å². The van der Waals surface area contributed by atoms with E-state index in [0.29, 0.717) is 71.4 Å². The van der Waals surface area contributed by atoms with Crippen LogP contribution in [0.25, 0.3) is 11.1 Å². The molecule has 0 aliphatic heterocycles. The molecule has 3 rings (SSSR count). The third kappa shape index (κ3) is 19.5. The van der Waals surface area contributed by atoms with Gasteiger partial charge in [0.25, 0.3) is 0 Å². The number of aldehydes is 1. The third-order valence-corrected chi connectivity index (χ3v) is 10.2. The molecule has 1 atom stereocenters. The highest BCUT2D eigenvalue weighted by atomic mass is 16.5. The summed E-state index contributed by atoms with van der Waals surface area (Å²) in [6, 6.07) is 16.8.